The Balaban J connectivity index is 2.02. The Labute approximate surface area is 118 Å². The molecule has 0 aliphatic rings. The van der Waals surface area contributed by atoms with E-state index in [2.05, 4.69) is 10.4 Å². The second kappa shape index (κ2) is 6.34. The van der Waals surface area contributed by atoms with Crippen LogP contribution in [0.15, 0.2) is 36.5 Å². The topological polar surface area (TPSA) is 72.9 Å². The third kappa shape index (κ3) is 3.05. The van der Waals surface area contributed by atoms with Crippen LogP contribution in [0.1, 0.15) is 22.7 Å². The minimum atomic E-state index is -0.312. The molecule has 0 spiro atoms. The highest BCUT2D eigenvalue weighted by Crippen LogP contribution is 2.14. The summed E-state index contributed by atoms with van der Waals surface area (Å²) >= 11 is 0. The van der Waals surface area contributed by atoms with Gasteiger partial charge in [0.2, 0.25) is 5.91 Å². The normalized spacial score (nSPS) is 12.2. The zero-order valence-corrected chi connectivity index (χ0v) is 11.8. The Bertz CT molecular complexity index is 577. The molecule has 0 saturated carbocycles. The van der Waals surface area contributed by atoms with Crippen molar-refractivity contribution >= 4 is 5.91 Å². The van der Waals surface area contributed by atoms with Gasteiger partial charge in [-0.2, -0.15) is 5.10 Å². The summed E-state index contributed by atoms with van der Waals surface area (Å²) in [7, 11) is 1.88. The molecular weight excluding hydrogens is 252 g/mol. The van der Waals surface area contributed by atoms with Gasteiger partial charge in [0.05, 0.1) is 12.1 Å². The van der Waals surface area contributed by atoms with Gasteiger partial charge < -0.3 is 11.1 Å². The van der Waals surface area contributed by atoms with E-state index in [1.54, 1.807) is 10.9 Å². The average Bonchev–Trinajstić information content (AvgIpc) is 2.78. The maximum absolute atomic E-state index is 12.2. The van der Waals surface area contributed by atoms with Crippen LogP contribution in [0.4, 0.5) is 0 Å². The van der Waals surface area contributed by atoms with Crippen molar-refractivity contribution in [1.29, 1.82) is 0 Å². The Morgan fingerprint density at radius 1 is 1.40 bits per heavy atom. The summed E-state index contributed by atoms with van der Waals surface area (Å²) in [6, 6.07) is 9.60. The highest BCUT2D eigenvalue weighted by atomic mass is 16.1. The van der Waals surface area contributed by atoms with E-state index in [4.69, 9.17) is 5.73 Å². The van der Waals surface area contributed by atoms with Crippen LogP contribution in [0.2, 0.25) is 0 Å². The van der Waals surface area contributed by atoms with E-state index in [1.165, 1.54) is 0 Å². The second-order valence-corrected chi connectivity index (χ2v) is 4.80. The molecule has 0 radical (unpaired) electrons. The summed E-state index contributed by atoms with van der Waals surface area (Å²) in [5.41, 5.74) is 8.74. The highest BCUT2D eigenvalue weighted by molar-refractivity contribution is 5.83. The Morgan fingerprint density at radius 3 is 2.65 bits per heavy atom. The molecule has 0 saturated heterocycles. The Hall–Kier alpha value is -2.14. The minimum Gasteiger partial charge on any atom is -0.351 e. The second-order valence-electron chi connectivity index (χ2n) is 4.80. The molecule has 2 rings (SSSR count). The molecular formula is C15H20N4O. The molecule has 3 N–H and O–H groups in total. The zero-order valence-electron chi connectivity index (χ0n) is 11.8. The first kappa shape index (κ1) is 14.3. The van der Waals surface area contributed by atoms with Gasteiger partial charge in [0.25, 0.3) is 0 Å². The lowest BCUT2D eigenvalue weighted by Crippen LogP contribution is -2.33. The number of nitrogens with two attached hydrogens (primary N) is 1. The SMILES string of the molecule is Cc1c(CNC(=O)C(CN)c2ccccc2)cnn1C. The van der Waals surface area contributed by atoms with Gasteiger partial charge in [-0.25, -0.2) is 0 Å². The first-order chi connectivity index (χ1) is 9.63. The lowest BCUT2D eigenvalue weighted by molar-refractivity contribution is -0.122. The van der Waals surface area contributed by atoms with Gasteiger partial charge in [-0.1, -0.05) is 30.3 Å². The molecule has 5 heteroatoms. The molecule has 0 aliphatic carbocycles. The number of nitrogens with one attached hydrogen (secondary N) is 1. The van der Waals surface area contributed by atoms with E-state index in [1.807, 2.05) is 44.3 Å². The predicted molar refractivity (Wildman–Crippen MR) is 78.0 cm³/mol. The molecule has 5 nitrogen and oxygen atoms in total. The van der Waals surface area contributed by atoms with E-state index < -0.39 is 0 Å². The first-order valence-electron chi connectivity index (χ1n) is 6.63. The summed E-state index contributed by atoms with van der Waals surface area (Å²) in [5, 5.41) is 7.09. The van der Waals surface area contributed by atoms with Crippen LogP contribution in [0.5, 0.6) is 0 Å². The molecule has 1 aromatic carbocycles. The minimum absolute atomic E-state index is 0.0537. The molecule has 1 amide bonds. The summed E-state index contributed by atoms with van der Waals surface area (Å²) in [6.45, 7) is 2.75. The van der Waals surface area contributed by atoms with Crippen LogP contribution in [-0.2, 0) is 18.4 Å². The van der Waals surface area contributed by atoms with E-state index in [9.17, 15) is 4.79 Å². The Kier molecular flexibility index (Phi) is 4.53. The molecule has 0 fully saturated rings. The maximum Gasteiger partial charge on any atom is 0.229 e. The van der Waals surface area contributed by atoms with E-state index in [0.29, 0.717) is 13.1 Å². The molecule has 0 aliphatic heterocycles. The number of aryl methyl sites for hydroxylation is 1. The van der Waals surface area contributed by atoms with Crippen LogP contribution in [0.3, 0.4) is 0 Å². The predicted octanol–water partition coefficient (Wildman–Crippen LogP) is 1.09. The fraction of sp³-hybridized carbons (Fsp3) is 0.333. The van der Waals surface area contributed by atoms with Gasteiger partial charge in [0.15, 0.2) is 0 Å². The van der Waals surface area contributed by atoms with Gasteiger partial charge in [0, 0.05) is 31.4 Å². The van der Waals surface area contributed by atoms with Gasteiger partial charge in [-0.3, -0.25) is 9.48 Å². The fourth-order valence-electron chi connectivity index (χ4n) is 2.10. The van der Waals surface area contributed by atoms with Gasteiger partial charge in [-0.15, -0.1) is 0 Å². The van der Waals surface area contributed by atoms with Gasteiger partial charge in [0.1, 0.15) is 0 Å². The summed E-state index contributed by atoms with van der Waals surface area (Å²) in [4.78, 5) is 12.2. The maximum atomic E-state index is 12.2. The number of nitrogens with zero attached hydrogens (tertiary/aromatic N) is 2. The van der Waals surface area contributed by atoms with Crippen LogP contribution < -0.4 is 11.1 Å². The van der Waals surface area contributed by atoms with Crippen LogP contribution in [0.25, 0.3) is 0 Å². The van der Waals surface area contributed by atoms with Crippen molar-refractivity contribution in [1.82, 2.24) is 15.1 Å². The third-order valence-electron chi connectivity index (χ3n) is 3.54. The molecule has 20 heavy (non-hydrogen) atoms. The number of hydrogen-bond acceptors (Lipinski definition) is 3. The largest absolute Gasteiger partial charge is 0.351 e. The quantitative estimate of drug-likeness (QED) is 0.855. The van der Waals surface area contributed by atoms with Crippen LogP contribution >= 0.6 is 0 Å². The zero-order chi connectivity index (χ0) is 14.5. The number of carbonyl (C=O) groups is 1. The number of benzene rings is 1. The number of aromatic nitrogens is 2. The van der Waals surface area contributed by atoms with E-state index in [-0.39, 0.29) is 11.8 Å². The van der Waals surface area contributed by atoms with Crippen molar-refractivity contribution in [3.8, 4) is 0 Å². The molecule has 1 heterocycles. The fourth-order valence-corrected chi connectivity index (χ4v) is 2.10. The Morgan fingerprint density at radius 2 is 2.10 bits per heavy atom. The van der Waals surface area contributed by atoms with Crippen molar-refractivity contribution in [3.63, 3.8) is 0 Å². The smallest absolute Gasteiger partial charge is 0.229 e. The first-order valence-corrected chi connectivity index (χ1v) is 6.63. The number of hydrogen-bond donors (Lipinski definition) is 2. The lowest BCUT2D eigenvalue weighted by atomic mass is 9.98. The lowest BCUT2D eigenvalue weighted by Gasteiger charge is -2.15. The van der Waals surface area contributed by atoms with E-state index >= 15 is 0 Å². The molecule has 2 aromatic rings. The van der Waals surface area contributed by atoms with Crippen molar-refractivity contribution in [2.45, 2.75) is 19.4 Å². The number of rotatable bonds is 5. The number of carbonyl (C=O) groups excluding carboxylic acids is 1. The highest BCUT2D eigenvalue weighted by Gasteiger charge is 2.18. The summed E-state index contributed by atoms with van der Waals surface area (Å²) in [6.07, 6.45) is 1.77. The number of amides is 1. The molecule has 1 unspecified atom stereocenters. The van der Waals surface area contributed by atoms with Gasteiger partial charge in [-0.05, 0) is 12.5 Å². The van der Waals surface area contributed by atoms with Crippen LogP contribution in [0, 0.1) is 6.92 Å². The van der Waals surface area contributed by atoms with Crippen LogP contribution in [-0.4, -0.2) is 22.2 Å². The van der Waals surface area contributed by atoms with Crippen molar-refractivity contribution in [2.24, 2.45) is 12.8 Å². The molecule has 1 aromatic heterocycles. The van der Waals surface area contributed by atoms with Gasteiger partial charge >= 0.3 is 0 Å². The summed E-state index contributed by atoms with van der Waals surface area (Å²) < 4.78 is 1.79. The molecule has 1 atom stereocenters. The third-order valence-corrected chi connectivity index (χ3v) is 3.54. The monoisotopic (exact) mass is 272 g/mol. The summed E-state index contributed by atoms with van der Waals surface area (Å²) in [5.74, 6) is -0.366. The molecule has 0 bridgehead atoms. The van der Waals surface area contributed by atoms with Crippen molar-refractivity contribution < 1.29 is 4.79 Å². The van der Waals surface area contributed by atoms with E-state index in [0.717, 1.165) is 16.8 Å². The standard InChI is InChI=1S/C15H20N4O/c1-11-13(10-18-19(11)2)9-17-15(20)14(8-16)12-6-4-3-5-7-12/h3-7,10,14H,8-9,16H2,1-2H3,(H,17,20). The van der Waals surface area contributed by atoms with Crippen molar-refractivity contribution in [3.05, 3.63) is 53.3 Å². The average molecular weight is 272 g/mol. The van der Waals surface area contributed by atoms with Crippen molar-refractivity contribution in [2.75, 3.05) is 6.54 Å². The molecule has 106 valence electrons.